The third-order valence-corrected chi connectivity index (χ3v) is 13.7. The molecular weight excluding hydrogens is 759 g/mol. The number of nitrogens with zero attached hydrogens (tertiary/aromatic N) is 5. The zero-order chi connectivity index (χ0) is 40.0. The van der Waals surface area contributed by atoms with E-state index in [1.165, 1.54) is 27.1 Å². The smallest absolute Gasteiger partial charge is 0.315 e. The number of thiazole rings is 1. The van der Waals surface area contributed by atoms with Gasteiger partial charge in [-0.3, -0.25) is 19.1 Å². The second-order valence-corrected chi connectivity index (χ2v) is 19.1. The highest BCUT2D eigenvalue weighted by molar-refractivity contribution is 7.91. The van der Waals surface area contributed by atoms with Crippen molar-refractivity contribution in [3.8, 4) is 27.7 Å². The summed E-state index contributed by atoms with van der Waals surface area (Å²) in [5, 5.41) is 20.3. The first kappa shape index (κ1) is 39.4. The Balaban J connectivity index is 1.21. The zero-order valence-electron chi connectivity index (χ0n) is 32.0. The van der Waals surface area contributed by atoms with Crippen molar-refractivity contribution in [2.75, 3.05) is 13.7 Å². The number of nitrogens with one attached hydrogen (secondary N) is 4. The lowest BCUT2D eigenvalue weighted by molar-refractivity contribution is -0.142. The first-order valence-corrected chi connectivity index (χ1v) is 21.5. The normalized spacial score (nSPS) is 24.3. The molecule has 7 rings (SSSR count). The van der Waals surface area contributed by atoms with Crippen LogP contribution >= 0.6 is 11.3 Å². The van der Waals surface area contributed by atoms with E-state index in [1.54, 1.807) is 13.3 Å². The van der Waals surface area contributed by atoms with Gasteiger partial charge in [0.25, 0.3) is 5.91 Å². The molecule has 2 aromatic heterocycles. The monoisotopic (exact) mass is 807 g/mol. The van der Waals surface area contributed by atoms with Gasteiger partial charge in [0, 0.05) is 42.1 Å². The summed E-state index contributed by atoms with van der Waals surface area (Å²) in [6.45, 7) is 9.31. The lowest BCUT2D eigenvalue weighted by Crippen LogP contribution is -2.61. The number of methoxy groups -OCH3 is 1. The average Bonchev–Trinajstić information content (AvgIpc) is 3.74. The summed E-state index contributed by atoms with van der Waals surface area (Å²) >= 11 is 1.40. The number of urea groups is 1. The Morgan fingerprint density at radius 3 is 2.34 bits per heavy atom. The third-order valence-electron chi connectivity index (χ3n) is 11.1. The predicted molar refractivity (Wildman–Crippen MR) is 209 cm³/mol. The van der Waals surface area contributed by atoms with Crippen LogP contribution in [-0.2, 0) is 24.4 Å². The Morgan fingerprint density at radius 1 is 1.05 bits per heavy atom. The number of carbonyl (C=O) groups excluding carboxylic acids is 4. The molecule has 18 heteroatoms. The number of hydrogen-bond acceptors (Lipinski definition) is 11. The summed E-state index contributed by atoms with van der Waals surface area (Å²) < 4.78 is 33.1. The van der Waals surface area contributed by atoms with Crippen LogP contribution in [0.15, 0.2) is 48.5 Å². The second-order valence-electron chi connectivity index (χ2n) is 16.3. The Kier molecular flexibility index (Phi) is 10.7. The van der Waals surface area contributed by atoms with Crippen molar-refractivity contribution in [3.63, 3.8) is 0 Å². The SMILES string of the molecule is C=C[C@@H]1C[C@@]1(NC(=O)[C@@H]1C[C@@H](n2nc(-c3ccc(OC)cc3)c(-c3nccs3)n2)CN1C(=O)[C@@H](NC(=O)NC1CCCC1)C(C)(C)C)C(=O)NS(=O)(=O)C1CC1. The molecule has 0 radical (unpaired) electrons. The number of rotatable bonds is 13. The largest absolute Gasteiger partial charge is 0.497 e. The quantitative estimate of drug-likeness (QED) is 0.185. The van der Waals surface area contributed by atoms with Crippen molar-refractivity contribution >= 4 is 45.1 Å². The third kappa shape index (κ3) is 8.03. The van der Waals surface area contributed by atoms with Crippen LogP contribution in [0.3, 0.4) is 0 Å². The maximum atomic E-state index is 14.8. The van der Waals surface area contributed by atoms with E-state index in [0.717, 1.165) is 31.2 Å². The first-order valence-electron chi connectivity index (χ1n) is 19.0. The Bertz CT molecular complexity index is 2090. The van der Waals surface area contributed by atoms with Gasteiger partial charge in [0.05, 0.1) is 18.4 Å². The van der Waals surface area contributed by atoms with E-state index in [2.05, 4.69) is 32.2 Å². The van der Waals surface area contributed by atoms with Crippen LogP contribution < -0.4 is 25.4 Å². The zero-order valence-corrected chi connectivity index (χ0v) is 33.6. The molecule has 0 unspecified atom stereocenters. The van der Waals surface area contributed by atoms with E-state index >= 15 is 0 Å². The Morgan fingerprint density at radius 2 is 1.75 bits per heavy atom. The van der Waals surface area contributed by atoms with Gasteiger partial charge in [-0.15, -0.1) is 23.0 Å². The van der Waals surface area contributed by atoms with Crippen molar-refractivity contribution in [2.24, 2.45) is 11.3 Å². The summed E-state index contributed by atoms with van der Waals surface area (Å²) in [4.78, 5) is 63.6. The summed E-state index contributed by atoms with van der Waals surface area (Å²) in [6, 6.07) is 4.13. The van der Waals surface area contributed by atoms with Gasteiger partial charge >= 0.3 is 6.03 Å². The second kappa shape index (κ2) is 15.2. The average molecular weight is 808 g/mol. The lowest BCUT2D eigenvalue weighted by atomic mass is 9.85. The van der Waals surface area contributed by atoms with E-state index < -0.39 is 74.0 Å². The number of sulfonamides is 1. The molecule has 1 saturated heterocycles. The summed E-state index contributed by atoms with van der Waals surface area (Å²) in [5.74, 6) is -1.82. The molecule has 4 aliphatic rings. The fraction of sp³-hybridized carbons (Fsp3) is 0.553. The maximum Gasteiger partial charge on any atom is 0.315 e. The van der Waals surface area contributed by atoms with Gasteiger partial charge in [-0.25, -0.2) is 18.2 Å². The van der Waals surface area contributed by atoms with Crippen LogP contribution in [0.4, 0.5) is 4.79 Å². The minimum absolute atomic E-state index is 0.00358. The Hall–Kier alpha value is -4.84. The van der Waals surface area contributed by atoms with Gasteiger partial charge < -0.3 is 25.6 Å². The topological polar surface area (TPSA) is 207 Å². The fourth-order valence-electron chi connectivity index (χ4n) is 7.65. The summed E-state index contributed by atoms with van der Waals surface area (Å²) in [6.07, 6.45) is 8.07. The molecule has 56 heavy (non-hydrogen) atoms. The highest BCUT2D eigenvalue weighted by Gasteiger charge is 2.62. The number of amides is 5. The predicted octanol–water partition coefficient (Wildman–Crippen LogP) is 3.55. The van der Waals surface area contributed by atoms with Crippen LogP contribution in [0.5, 0.6) is 5.75 Å². The van der Waals surface area contributed by atoms with E-state index in [-0.39, 0.29) is 25.4 Å². The molecule has 1 aromatic carbocycles. The summed E-state index contributed by atoms with van der Waals surface area (Å²) in [5.41, 5.74) is -0.500. The van der Waals surface area contributed by atoms with Crippen LogP contribution in [-0.4, -0.2) is 99.6 Å². The van der Waals surface area contributed by atoms with E-state index in [9.17, 15) is 27.6 Å². The minimum Gasteiger partial charge on any atom is -0.497 e. The Labute approximate surface area is 330 Å². The molecule has 1 aliphatic heterocycles. The molecule has 4 fully saturated rings. The van der Waals surface area contributed by atoms with Crippen LogP contribution in [0.1, 0.15) is 78.2 Å². The highest BCUT2D eigenvalue weighted by Crippen LogP contribution is 2.46. The molecule has 5 atom stereocenters. The highest BCUT2D eigenvalue weighted by atomic mass is 32.2. The van der Waals surface area contributed by atoms with Crippen molar-refractivity contribution < 1.29 is 32.3 Å². The number of hydrogen-bond donors (Lipinski definition) is 4. The number of ether oxygens (including phenoxy) is 1. The molecule has 3 aliphatic carbocycles. The van der Waals surface area contributed by atoms with Gasteiger partial charge in [-0.2, -0.15) is 9.90 Å². The van der Waals surface area contributed by atoms with Crippen LogP contribution in [0.2, 0.25) is 0 Å². The first-order chi connectivity index (χ1) is 26.6. The number of benzene rings is 1. The van der Waals surface area contributed by atoms with E-state index in [0.29, 0.717) is 35.0 Å². The molecule has 300 valence electrons. The molecule has 3 aromatic rings. The molecule has 16 nitrogen and oxygen atoms in total. The van der Waals surface area contributed by atoms with E-state index in [4.69, 9.17) is 14.9 Å². The number of likely N-dealkylation sites (tertiary alicyclic amines) is 1. The number of aromatic nitrogens is 4. The lowest BCUT2D eigenvalue weighted by Gasteiger charge is -2.36. The van der Waals surface area contributed by atoms with Crippen molar-refractivity contribution in [3.05, 3.63) is 48.5 Å². The van der Waals surface area contributed by atoms with Crippen LogP contribution in [0, 0.1) is 11.3 Å². The molecule has 0 bridgehead atoms. The molecule has 3 heterocycles. The molecular formula is C38H49N9O7S2. The molecule has 3 saturated carbocycles. The van der Waals surface area contributed by atoms with Gasteiger partial charge in [-0.1, -0.05) is 39.7 Å². The molecule has 5 amide bonds. The molecule has 0 spiro atoms. The fourth-order valence-corrected chi connectivity index (χ4v) is 9.63. The minimum atomic E-state index is -3.91. The van der Waals surface area contributed by atoms with Crippen molar-refractivity contribution in [2.45, 2.75) is 107 Å². The number of carbonyl (C=O) groups is 4. The molecule has 4 N–H and O–H groups in total. The van der Waals surface area contributed by atoms with Gasteiger partial charge in [-0.05, 0) is 61.8 Å². The van der Waals surface area contributed by atoms with Crippen molar-refractivity contribution in [1.29, 1.82) is 0 Å². The van der Waals surface area contributed by atoms with Gasteiger partial charge in [0.2, 0.25) is 21.8 Å². The standard InChI is InChI=1S/C38H49N9O7S2/c1-6-23-20-38(23,35(50)45-56(52,53)27-15-16-27)42-32(48)28-19-25(21-46(28)34(49)31(37(2,3)4)41-36(51)40-24-9-7-8-10-24)47-43-29(22-11-13-26(54-5)14-12-22)30(44-47)33-39-17-18-55-33/h6,11-14,17-18,23-25,27-28,31H,1,7-10,15-16,19-21H2,2-5H3,(H,42,48)(H,45,50)(H2,40,41,51)/t23-,25-,28+,31-,38+/m1/s1. The van der Waals surface area contributed by atoms with E-state index in [1.807, 2.05) is 50.4 Å². The van der Waals surface area contributed by atoms with Crippen molar-refractivity contribution in [1.82, 2.24) is 45.6 Å². The maximum absolute atomic E-state index is 14.8. The van der Waals surface area contributed by atoms with Gasteiger partial charge in [0.15, 0.2) is 0 Å². The summed E-state index contributed by atoms with van der Waals surface area (Å²) in [7, 11) is -2.33. The van der Waals surface area contributed by atoms with Crippen LogP contribution in [0.25, 0.3) is 22.0 Å². The van der Waals surface area contributed by atoms with Gasteiger partial charge in [0.1, 0.15) is 39.8 Å².